The van der Waals surface area contributed by atoms with Crippen LogP contribution in [0.3, 0.4) is 0 Å². The minimum atomic E-state index is 0.514. The zero-order chi connectivity index (χ0) is 29.1. The van der Waals surface area contributed by atoms with Crippen LogP contribution < -0.4 is 9.47 Å². The molecule has 0 aliphatic rings. The number of nitrogens with one attached hydrogen (secondary N) is 1. The van der Waals surface area contributed by atoms with E-state index in [9.17, 15) is 0 Å². The highest BCUT2D eigenvalue weighted by Crippen LogP contribution is 2.30. The summed E-state index contributed by atoms with van der Waals surface area (Å²) in [6, 6.07) is 12.2. The molecule has 0 atom stereocenters. The van der Waals surface area contributed by atoms with Gasteiger partial charge in [0.25, 0.3) is 0 Å². The molecule has 4 aromatic rings. The summed E-state index contributed by atoms with van der Waals surface area (Å²) in [4.78, 5) is 8.09. The first-order valence-corrected chi connectivity index (χ1v) is 13.7. The molecule has 6 heteroatoms. The molecule has 3 heterocycles. The summed E-state index contributed by atoms with van der Waals surface area (Å²) >= 11 is 0. The predicted octanol–water partition coefficient (Wildman–Crippen LogP) is 9.17. The lowest BCUT2D eigenvalue weighted by molar-refractivity contribution is 0.354. The number of nitrogens with zero attached hydrogens (tertiary/aromatic N) is 3. The van der Waals surface area contributed by atoms with Crippen LogP contribution in [0, 0.1) is 0 Å². The molecule has 3 aromatic heterocycles. The van der Waals surface area contributed by atoms with Gasteiger partial charge in [0.15, 0.2) is 17.1 Å². The Hall–Kier alpha value is -3.41. The van der Waals surface area contributed by atoms with Crippen LogP contribution in [0.4, 0.5) is 0 Å². The van der Waals surface area contributed by atoms with Crippen LogP contribution in [-0.2, 0) is 0 Å². The van der Waals surface area contributed by atoms with Gasteiger partial charge >= 0.3 is 0 Å². The van der Waals surface area contributed by atoms with Crippen molar-refractivity contribution < 1.29 is 9.47 Å². The van der Waals surface area contributed by atoms with E-state index in [2.05, 4.69) is 67.8 Å². The summed E-state index contributed by atoms with van der Waals surface area (Å²) in [5.74, 6) is 3.24. The number of hydrogen-bond acceptors (Lipinski definition) is 5. The number of hydrogen-bond donors (Lipinski definition) is 1. The molecule has 0 radical (unpaired) electrons. The molecule has 0 saturated carbocycles. The average molecular weight is 523 g/mol. The van der Waals surface area contributed by atoms with Gasteiger partial charge in [0.1, 0.15) is 0 Å². The molecule has 38 heavy (non-hydrogen) atoms. The number of benzene rings is 1. The van der Waals surface area contributed by atoms with Gasteiger partial charge in [-0.05, 0) is 64.8 Å². The van der Waals surface area contributed by atoms with Gasteiger partial charge in [0, 0.05) is 24.0 Å². The lowest BCUT2D eigenvalue weighted by Crippen LogP contribution is -1.93. The number of methoxy groups -OCH3 is 2. The van der Waals surface area contributed by atoms with E-state index in [4.69, 9.17) is 9.47 Å². The van der Waals surface area contributed by atoms with E-state index < -0.39 is 0 Å². The molecule has 210 valence electrons. The molecular formula is C32H50N4O2. The van der Waals surface area contributed by atoms with Gasteiger partial charge in [-0.1, -0.05) is 75.3 Å². The normalized spacial score (nSPS) is 9.76. The van der Waals surface area contributed by atoms with Gasteiger partial charge in [-0.15, -0.1) is 0 Å². The van der Waals surface area contributed by atoms with Crippen LogP contribution in [0.1, 0.15) is 104 Å². The van der Waals surface area contributed by atoms with E-state index >= 15 is 0 Å². The zero-order valence-corrected chi connectivity index (χ0v) is 25.7. The molecule has 0 aliphatic heterocycles. The average Bonchev–Trinajstić information content (AvgIpc) is 3.45. The summed E-state index contributed by atoms with van der Waals surface area (Å²) in [5.41, 5.74) is 4.79. The highest BCUT2D eigenvalue weighted by atomic mass is 16.5. The van der Waals surface area contributed by atoms with Crippen molar-refractivity contribution in [2.24, 2.45) is 0 Å². The predicted molar refractivity (Wildman–Crippen MR) is 163 cm³/mol. The third-order valence-electron chi connectivity index (χ3n) is 5.46. The molecule has 0 aliphatic carbocycles. The summed E-state index contributed by atoms with van der Waals surface area (Å²) in [6.45, 7) is 21.0. The van der Waals surface area contributed by atoms with Crippen molar-refractivity contribution in [1.29, 1.82) is 0 Å². The van der Waals surface area contributed by atoms with Crippen molar-refractivity contribution in [2.75, 3.05) is 14.2 Å². The van der Waals surface area contributed by atoms with Crippen molar-refractivity contribution >= 4 is 11.0 Å². The fourth-order valence-corrected chi connectivity index (χ4v) is 3.33. The summed E-state index contributed by atoms with van der Waals surface area (Å²) in [6.07, 6.45) is 7.30. The molecule has 6 nitrogen and oxygen atoms in total. The molecule has 1 aromatic carbocycles. The second-order valence-electron chi connectivity index (χ2n) is 8.89. The van der Waals surface area contributed by atoms with E-state index in [0.29, 0.717) is 17.8 Å². The minimum absolute atomic E-state index is 0.514. The Morgan fingerprint density at radius 1 is 0.658 bits per heavy atom. The van der Waals surface area contributed by atoms with Gasteiger partial charge in [-0.2, -0.15) is 5.10 Å². The third-order valence-corrected chi connectivity index (χ3v) is 5.46. The number of rotatable bonds is 5. The maximum atomic E-state index is 5.20. The SMILES string of the molecule is CC.CC.CC(C)c1ccnc2[nH]ncc12.CC(C)c1ccncc1.COc1ccc(C(C)C)cc1OC. The molecule has 1 N–H and O–H groups in total. The molecule has 0 bridgehead atoms. The van der Waals surface area contributed by atoms with Crippen LogP contribution >= 0.6 is 0 Å². The molecular weight excluding hydrogens is 472 g/mol. The Kier molecular flexibility index (Phi) is 17.9. The Bertz CT molecular complexity index is 1120. The molecule has 0 saturated heterocycles. The number of aromatic nitrogens is 4. The maximum Gasteiger partial charge on any atom is 0.160 e. The van der Waals surface area contributed by atoms with Gasteiger partial charge in [0.2, 0.25) is 0 Å². The number of fused-ring (bicyclic) bond motifs is 1. The number of H-pyrrole nitrogens is 1. The smallest absolute Gasteiger partial charge is 0.160 e. The first-order chi connectivity index (χ1) is 18.3. The van der Waals surface area contributed by atoms with Crippen molar-refractivity contribution in [3.05, 3.63) is 77.9 Å². The molecule has 0 spiro atoms. The largest absolute Gasteiger partial charge is 0.493 e. The molecule has 0 amide bonds. The second-order valence-corrected chi connectivity index (χ2v) is 8.89. The monoisotopic (exact) mass is 522 g/mol. The number of pyridine rings is 2. The maximum absolute atomic E-state index is 5.20. The number of aromatic amines is 1. The summed E-state index contributed by atoms with van der Waals surface area (Å²) in [7, 11) is 3.30. The quantitative estimate of drug-likeness (QED) is 0.283. The first kappa shape index (κ1) is 34.6. The van der Waals surface area contributed by atoms with Crippen LogP contribution in [-0.4, -0.2) is 34.4 Å². The fraction of sp³-hybridized carbons (Fsp3) is 0.469. The standard InChI is InChI=1S/C11H16O2.C9H11N3.C8H11N.2C2H6/c1-8(2)9-5-6-10(12-3)11(7-9)13-4;1-6(2)7-3-4-10-9-8(7)5-11-12-9;1-7(2)8-3-5-9-6-4-8;2*1-2/h5-8H,1-4H3;3-6H,1-2H3,(H,10,11,12);3-7H,1-2H3;2*1-2H3. The van der Waals surface area contributed by atoms with Gasteiger partial charge in [-0.3, -0.25) is 10.1 Å². The van der Waals surface area contributed by atoms with Crippen molar-refractivity contribution in [3.8, 4) is 11.5 Å². The van der Waals surface area contributed by atoms with Crippen molar-refractivity contribution in [3.63, 3.8) is 0 Å². The number of ether oxygens (including phenoxy) is 2. The van der Waals surface area contributed by atoms with Crippen molar-refractivity contribution in [2.45, 2.75) is 87.0 Å². The van der Waals surface area contributed by atoms with Crippen LogP contribution in [0.15, 0.2) is 61.2 Å². The van der Waals surface area contributed by atoms with Crippen LogP contribution in [0.25, 0.3) is 11.0 Å². The molecule has 0 fully saturated rings. The third kappa shape index (κ3) is 11.3. The van der Waals surface area contributed by atoms with E-state index in [1.165, 1.54) is 16.7 Å². The van der Waals surface area contributed by atoms with Gasteiger partial charge in [0.05, 0.1) is 20.4 Å². The van der Waals surface area contributed by atoms with E-state index in [0.717, 1.165) is 22.5 Å². The minimum Gasteiger partial charge on any atom is -0.493 e. The van der Waals surface area contributed by atoms with Crippen molar-refractivity contribution in [1.82, 2.24) is 20.2 Å². The lowest BCUT2D eigenvalue weighted by Gasteiger charge is -2.11. The Morgan fingerprint density at radius 3 is 1.71 bits per heavy atom. The first-order valence-electron chi connectivity index (χ1n) is 13.7. The zero-order valence-electron chi connectivity index (χ0n) is 25.7. The Morgan fingerprint density at radius 2 is 1.24 bits per heavy atom. The van der Waals surface area contributed by atoms with Gasteiger partial charge in [-0.25, -0.2) is 4.98 Å². The molecule has 0 unspecified atom stereocenters. The Balaban J connectivity index is 0.000000513. The second kappa shape index (κ2) is 19.7. The van der Waals surface area contributed by atoms with E-state index in [1.807, 2.05) is 82.8 Å². The van der Waals surface area contributed by atoms with Crippen LogP contribution in [0.5, 0.6) is 11.5 Å². The summed E-state index contributed by atoms with van der Waals surface area (Å²) < 4.78 is 10.3. The summed E-state index contributed by atoms with van der Waals surface area (Å²) in [5, 5.41) is 7.94. The van der Waals surface area contributed by atoms with Crippen LogP contribution in [0.2, 0.25) is 0 Å². The lowest BCUT2D eigenvalue weighted by atomic mass is 10.0. The van der Waals surface area contributed by atoms with Gasteiger partial charge < -0.3 is 9.47 Å². The topological polar surface area (TPSA) is 72.9 Å². The van der Waals surface area contributed by atoms with E-state index in [1.54, 1.807) is 14.2 Å². The highest BCUT2D eigenvalue weighted by molar-refractivity contribution is 5.78. The highest BCUT2D eigenvalue weighted by Gasteiger charge is 2.07. The molecule has 4 rings (SSSR count). The Labute approximate surface area is 231 Å². The van der Waals surface area contributed by atoms with E-state index in [-0.39, 0.29) is 0 Å². The fourth-order valence-electron chi connectivity index (χ4n) is 3.33.